The van der Waals surface area contributed by atoms with Crippen LogP contribution in [0.4, 0.5) is 5.69 Å². The molecule has 0 atom stereocenters. The summed E-state index contributed by atoms with van der Waals surface area (Å²) in [5.41, 5.74) is 1.41. The highest BCUT2D eigenvalue weighted by molar-refractivity contribution is 9.10. The van der Waals surface area contributed by atoms with E-state index >= 15 is 0 Å². The lowest BCUT2D eigenvalue weighted by atomic mass is 10.1. The molecular weight excluding hydrogens is 454 g/mol. The Morgan fingerprint density at radius 1 is 1.21 bits per heavy atom. The number of nitrogens with one attached hydrogen (secondary N) is 1. The van der Waals surface area contributed by atoms with Crippen molar-refractivity contribution in [3.8, 4) is 0 Å². The quantitative estimate of drug-likeness (QED) is 0.310. The van der Waals surface area contributed by atoms with Gasteiger partial charge in [-0.3, -0.25) is 19.0 Å². The number of thioether (sulfide) groups is 1. The second-order valence-corrected chi connectivity index (χ2v) is 8.31. The van der Waals surface area contributed by atoms with Crippen molar-refractivity contribution in [2.24, 2.45) is 0 Å². The molecule has 1 aromatic heterocycles. The molecule has 150 valence electrons. The zero-order valence-electron chi connectivity index (χ0n) is 16.1. The summed E-state index contributed by atoms with van der Waals surface area (Å²) < 4.78 is 2.42. The summed E-state index contributed by atoms with van der Waals surface area (Å²) in [7, 11) is 0. The minimum atomic E-state index is -0.267. The standard InChI is InChI=1S/C21H20BrN3O3S/c1-3-10-25-20(28)16-11-14(22)8-9-18(16)24-21(25)29-12-19(27)23-17-7-5-4-6-15(17)13(2)26/h4-9,11H,3,10,12H2,1-2H3,(H,23,27). The van der Waals surface area contributed by atoms with Gasteiger partial charge in [-0.2, -0.15) is 0 Å². The van der Waals surface area contributed by atoms with Crippen LogP contribution in [0.5, 0.6) is 0 Å². The lowest BCUT2D eigenvalue weighted by molar-refractivity contribution is -0.113. The second kappa shape index (κ2) is 9.37. The fraction of sp³-hybridized carbons (Fsp3) is 0.238. The molecular formula is C21H20BrN3O3S. The summed E-state index contributed by atoms with van der Waals surface area (Å²) in [5.74, 6) is -0.311. The highest BCUT2D eigenvalue weighted by Crippen LogP contribution is 2.22. The third-order valence-corrected chi connectivity index (χ3v) is 5.71. The summed E-state index contributed by atoms with van der Waals surface area (Å²) >= 11 is 4.59. The molecule has 1 amide bonds. The van der Waals surface area contributed by atoms with Gasteiger partial charge in [0.05, 0.1) is 22.3 Å². The third-order valence-electron chi connectivity index (χ3n) is 4.24. The first-order valence-corrected chi connectivity index (χ1v) is 10.9. The molecule has 0 aliphatic carbocycles. The number of aromatic nitrogens is 2. The summed E-state index contributed by atoms with van der Waals surface area (Å²) in [5, 5.41) is 3.81. The molecule has 0 saturated carbocycles. The summed E-state index contributed by atoms with van der Waals surface area (Å²) in [6, 6.07) is 12.3. The Morgan fingerprint density at radius 2 is 1.97 bits per heavy atom. The number of para-hydroxylation sites is 1. The molecule has 0 unspecified atom stereocenters. The number of benzene rings is 2. The SMILES string of the molecule is CCCn1c(SCC(=O)Nc2ccccc2C(C)=O)nc2ccc(Br)cc2c1=O. The Balaban J connectivity index is 1.84. The van der Waals surface area contributed by atoms with Crippen LogP contribution in [0.2, 0.25) is 0 Å². The van der Waals surface area contributed by atoms with Crippen molar-refractivity contribution in [2.45, 2.75) is 32.0 Å². The van der Waals surface area contributed by atoms with E-state index in [1.807, 2.05) is 13.0 Å². The van der Waals surface area contributed by atoms with Crippen molar-refractivity contribution < 1.29 is 9.59 Å². The van der Waals surface area contributed by atoms with E-state index in [0.717, 1.165) is 10.9 Å². The molecule has 3 aromatic rings. The van der Waals surface area contributed by atoms with Crippen LogP contribution in [0.15, 0.2) is 56.9 Å². The van der Waals surface area contributed by atoms with Crippen LogP contribution in [-0.4, -0.2) is 27.0 Å². The first-order valence-electron chi connectivity index (χ1n) is 9.13. The largest absolute Gasteiger partial charge is 0.325 e. The summed E-state index contributed by atoms with van der Waals surface area (Å²) in [6.07, 6.45) is 0.771. The van der Waals surface area contributed by atoms with Crippen molar-refractivity contribution in [3.05, 3.63) is 62.9 Å². The number of carbonyl (C=O) groups excluding carboxylic acids is 2. The van der Waals surface area contributed by atoms with Gasteiger partial charge in [0.25, 0.3) is 5.56 Å². The molecule has 1 N–H and O–H groups in total. The van der Waals surface area contributed by atoms with Crippen LogP contribution in [0.25, 0.3) is 10.9 Å². The lowest BCUT2D eigenvalue weighted by Crippen LogP contribution is -2.24. The van der Waals surface area contributed by atoms with E-state index in [1.165, 1.54) is 18.7 Å². The van der Waals surface area contributed by atoms with E-state index in [1.54, 1.807) is 41.0 Å². The molecule has 0 spiro atoms. The average molecular weight is 474 g/mol. The Morgan fingerprint density at radius 3 is 2.69 bits per heavy atom. The molecule has 0 fully saturated rings. The molecule has 0 saturated heterocycles. The van der Waals surface area contributed by atoms with E-state index in [2.05, 4.69) is 26.2 Å². The van der Waals surface area contributed by atoms with Crippen LogP contribution < -0.4 is 10.9 Å². The molecule has 0 aliphatic heterocycles. The zero-order chi connectivity index (χ0) is 21.0. The van der Waals surface area contributed by atoms with Crippen molar-refractivity contribution in [1.82, 2.24) is 9.55 Å². The van der Waals surface area contributed by atoms with E-state index in [4.69, 9.17) is 0 Å². The van der Waals surface area contributed by atoms with Gasteiger partial charge in [-0.15, -0.1) is 0 Å². The van der Waals surface area contributed by atoms with Gasteiger partial charge >= 0.3 is 0 Å². The highest BCUT2D eigenvalue weighted by atomic mass is 79.9. The molecule has 0 bridgehead atoms. The maximum absolute atomic E-state index is 12.9. The first kappa shape index (κ1) is 21.3. The number of rotatable bonds is 7. The number of hydrogen-bond acceptors (Lipinski definition) is 5. The van der Waals surface area contributed by atoms with Gasteiger partial charge < -0.3 is 5.32 Å². The first-order chi connectivity index (χ1) is 13.9. The lowest BCUT2D eigenvalue weighted by Gasteiger charge is -2.13. The number of Topliss-reactive ketones (excluding diaryl/α,β-unsaturated/α-hetero) is 1. The number of carbonyl (C=O) groups is 2. The number of amides is 1. The molecule has 3 rings (SSSR count). The van der Waals surface area contributed by atoms with Gasteiger partial charge in [0.15, 0.2) is 10.9 Å². The Hall–Kier alpha value is -2.45. The van der Waals surface area contributed by atoms with Crippen molar-refractivity contribution >= 4 is 56.0 Å². The third kappa shape index (κ3) is 4.94. The van der Waals surface area contributed by atoms with E-state index in [-0.39, 0.29) is 23.0 Å². The molecule has 29 heavy (non-hydrogen) atoms. The predicted octanol–water partition coefficient (Wildman–Crippen LogP) is 4.50. The average Bonchev–Trinajstić information content (AvgIpc) is 2.69. The van der Waals surface area contributed by atoms with Crippen molar-refractivity contribution in [2.75, 3.05) is 11.1 Å². The summed E-state index contributed by atoms with van der Waals surface area (Å²) in [4.78, 5) is 41.7. The maximum atomic E-state index is 12.9. The number of nitrogens with zero attached hydrogens (tertiary/aromatic N) is 2. The zero-order valence-corrected chi connectivity index (χ0v) is 18.5. The van der Waals surface area contributed by atoms with Crippen LogP contribution in [0.1, 0.15) is 30.6 Å². The second-order valence-electron chi connectivity index (χ2n) is 6.45. The Labute approximate surface area is 180 Å². The molecule has 8 heteroatoms. The topological polar surface area (TPSA) is 81.1 Å². The molecule has 6 nitrogen and oxygen atoms in total. The Bertz CT molecular complexity index is 1140. The van der Waals surface area contributed by atoms with Gasteiger partial charge in [0.2, 0.25) is 5.91 Å². The van der Waals surface area contributed by atoms with Gasteiger partial charge in [-0.25, -0.2) is 4.98 Å². The van der Waals surface area contributed by atoms with E-state index in [9.17, 15) is 14.4 Å². The minimum absolute atomic E-state index is 0.0738. The maximum Gasteiger partial charge on any atom is 0.262 e. The number of ketones is 1. The van der Waals surface area contributed by atoms with Gasteiger partial charge in [-0.1, -0.05) is 46.7 Å². The normalized spacial score (nSPS) is 10.9. The predicted molar refractivity (Wildman–Crippen MR) is 120 cm³/mol. The minimum Gasteiger partial charge on any atom is -0.325 e. The van der Waals surface area contributed by atoms with Crippen LogP contribution >= 0.6 is 27.7 Å². The van der Waals surface area contributed by atoms with Gasteiger partial charge in [-0.05, 0) is 43.7 Å². The van der Waals surface area contributed by atoms with Crippen molar-refractivity contribution in [1.29, 1.82) is 0 Å². The summed E-state index contributed by atoms with van der Waals surface area (Å²) in [6.45, 7) is 3.96. The monoisotopic (exact) mass is 473 g/mol. The van der Waals surface area contributed by atoms with E-state index in [0.29, 0.717) is 33.9 Å². The van der Waals surface area contributed by atoms with Crippen LogP contribution in [-0.2, 0) is 11.3 Å². The number of fused-ring (bicyclic) bond motifs is 1. The van der Waals surface area contributed by atoms with Crippen LogP contribution in [0, 0.1) is 0 Å². The Kier molecular flexibility index (Phi) is 6.87. The molecule has 0 radical (unpaired) electrons. The fourth-order valence-electron chi connectivity index (χ4n) is 2.92. The van der Waals surface area contributed by atoms with Crippen LogP contribution in [0.3, 0.4) is 0 Å². The van der Waals surface area contributed by atoms with Crippen molar-refractivity contribution in [3.63, 3.8) is 0 Å². The number of hydrogen-bond donors (Lipinski definition) is 1. The van der Waals surface area contributed by atoms with Gasteiger partial charge in [0, 0.05) is 16.6 Å². The molecule has 0 aliphatic rings. The smallest absolute Gasteiger partial charge is 0.262 e. The number of anilines is 1. The van der Waals surface area contributed by atoms with E-state index < -0.39 is 0 Å². The molecule has 1 heterocycles. The fourth-order valence-corrected chi connectivity index (χ4v) is 4.11. The van der Waals surface area contributed by atoms with Gasteiger partial charge in [0.1, 0.15) is 0 Å². The molecule has 2 aromatic carbocycles. The highest BCUT2D eigenvalue weighted by Gasteiger charge is 2.15. The number of halogens is 1.